The van der Waals surface area contributed by atoms with E-state index in [1.165, 1.54) is 0 Å². The molecule has 2 aromatic heterocycles. The maximum atomic E-state index is 5.83. The Balaban J connectivity index is 2.04. The van der Waals surface area contributed by atoms with Gasteiger partial charge in [0.05, 0.1) is 31.5 Å². The summed E-state index contributed by atoms with van der Waals surface area (Å²) in [7, 11) is 3.19. The molecule has 0 amide bonds. The van der Waals surface area contributed by atoms with Crippen molar-refractivity contribution in [3.63, 3.8) is 0 Å². The van der Waals surface area contributed by atoms with E-state index in [1.54, 1.807) is 21.1 Å². The molecule has 148 valence electrons. The van der Waals surface area contributed by atoms with Crippen LogP contribution in [0.3, 0.4) is 0 Å². The lowest BCUT2D eigenvalue weighted by atomic mass is 10.1. The van der Waals surface area contributed by atoms with E-state index >= 15 is 0 Å². The number of anilines is 1. The van der Waals surface area contributed by atoms with Gasteiger partial charge in [-0.2, -0.15) is 4.98 Å². The molecule has 0 saturated carbocycles. The number of nitrogens with two attached hydrogens (primary N) is 1. The highest BCUT2D eigenvalue weighted by atomic mass is 16.7. The van der Waals surface area contributed by atoms with Gasteiger partial charge in [0.2, 0.25) is 11.8 Å². The van der Waals surface area contributed by atoms with Gasteiger partial charge in [-0.05, 0) is 51.1 Å². The molecular formula is C20H24N4O4. The van der Waals surface area contributed by atoms with E-state index in [-0.39, 0.29) is 17.9 Å². The number of rotatable bonds is 7. The van der Waals surface area contributed by atoms with Crippen LogP contribution in [0.2, 0.25) is 0 Å². The zero-order valence-corrected chi connectivity index (χ0v) is 16.6. The lowest BCUT2D eigenvalue weighted by Gasteiger charge is -2.18. The Labute approximate surface area is 163 Å². The average molecular weight is 384 g/mol. The first kappa shape index (κ1) is 19.6. The van der Waals surface area contributed by atoms with Crippen molar-refractivity contribution in [3.8, 4) is 28.6 Å². The summed E-state index contributed by atoms with van der Waals surface area (Å²) in [6.45, 7) is 5.65. The van der Waals surface area contributed by atoms with Crippen LogP contribution in [-0.2, 0) is 4.74 Å². The quantitative estimate of drug-likeness (QED) is 0.618. The predicted molar refractivity (Wildman–Crippen MR) is 107 cm³/mol. The molecule has 0 spiro atoms. The molecule has 3 aromatic rings. The first-order chi connectivity index (χ1) is 13.4. The van der Waals surface area contributed by atoms with Crippen molar-refractivity contribution >= 4 is 17.0 Å². The normalized spacial score (nSPS) is 12.2. The number of fused-ring (bicyclic) bond motifs is 1. The van der Waals surface area contributed by atoms with Gasteiger partial charge in [-0.25, -0.2) is 9.97 Å². The number of hydrogen-bond acceptors (Lipinski definition) is 8. The largest absolute Gasteiger partial charge is 0.493 e. The zero-order valence-electron chi connectivity index (χ0n) is 16.6. The minimum atomic E-state index is -0.510. The smallest absolute Gasteiger partial charge is 0.247 e. The number of ether oxygens (including phenoxy) is 4. The molecule has 2 N–H and O–H groups in total. The molecule has 1 aromatic carbocycles. The van der Waals surface area contributed by atoms with E-state index in [9.17, 15) is 0 Å². The van der Waals surface area contributed by atoms with E-state index in [0.29, 0.717) is 28.2 Å². The molecule has 2 heterocycles. The van der Waals surface area contributed by atoms with Crippen molar-refractivity contribution < 1.29 is 18.9 Å². The van der Waals surface area contributed by atoms with Crippen molar-refractivity contribution in [2.75, 3.05) is 20.0 Å². The number of methoxy groups -OCH3 is 2. The summed E-state index contributed by atoms with van der Waals surface area (Å²) in [6, 6.07) is 9.27. The van der Waals surface area contributed by atoms with Crippen molar-refractivity contribution in [3.05, 3.63) is 30.3 Å². The molecule has 0 aliphatic rings. The number of benzene rings is 1. The summed E-state index contributed by atoms with van der Waals surface area (Å²) in [4.78, 5) is 13.1. The van der Waals surface area contributed by atoms with Crippen LogP contribution in [0.1, 0.15) is 20.8 Å². The summed E-state index contributed by atoms with van der Waals surface area (Å²) < 4.78 is 22.1. The van der Waals surface area contributed by atoms with Crippen LogP contribution in [-0.4, -0.2) is 41.6 Å². The Morgan fingerprint density at radius 1 is 0.893 bits per heavy atom. The van der Waals surface area contributed by atoms with Crippen LogP contribution in [0.15, 0.2) is 30.3 Å². The van der Waals surface area contributed by atoms with Crippen LogP contribution in [0.4, 0.5) is 5.95 Å². The van der Waals surface area contributed by atoms with Gasteiger partial charge >= 0.3 is 0 Å². The molecule has 1 unspecified atom stereocenters. The third kappa shape index (κ3) is 4.23. The number of hydrogen-bond donors (Lipinski definition) is 1. The second kappa shape index (κ2) is 8.26. The average Bonchev–Trinajstić information content (AvgIpc) is 2.66. The zero-order chi connectivity index (χ0) is 20.3. The highest BCUT2D eigenvalue weighted by Crippen LogP contribution is 2.33. The molecule has 8 heteroatoms. The Morgan fingerprint density at radius 2 is 1.64 bits per heavy atom. The summed E-state index contributed by atoms with van der Waals surface area (Å²) in [5.74, 6) is 1.65. The molecule has 0 radical (unpaired) electrons. The van der Waals surface area contributed by atoms with Gasteiger partial charge in [0.15, 0.2) is 23.3 Å². The van der Waals surface area contributed by atoms with Gasteiger partial charge in [0, 0.05) is 5.56 Å². The molecule has 0 fully saturated rings. The van der Waals surface area contributed by atoms with Crippen LogP contribution in [0.25, 0.3) is 22.3 Å². The number of nitrogens with zero attached hydrogens (tertiary/aromatic N) is 3. The topological polar surface area (TPSA) is 102 Å². The first-order valence-electron chi connectivity index (χ1n) is 8.90. The van der Waals surface area contributed by atoms with Gasteiger partial charge in [-0.3, -0.25) is 0 Å². The minimum Gasteiger partial charge on any atom is -0.493 e. The maximum Gasteiger partial charge on any atom is 0.247 e. The number of nitrogen functional groups attached to an aromatic ring is 1. The predicted octanol–water partition coefficient (Wildman–Crippen LogP) is 3.44. The second-order valence-electron chi connectivity index (χ2n) is 6.39. The van der Waals surface area contributed by atoms with Crippen molar-refractivity contribution in [1.29, 1.82) is 0 Å². The fourth-order valence-electron chi connectivity index (χ4n) is 2.81. The second-order valence-corrected chi connectivity index (χ2v) is 6.39. The molecule has 0 aliphatic heterocycles. The lowest BCUT2D eigenvalue weighted by molar-refractivity contribution is -0.0962. The Hall–Kier alpha value is -3.13. The monoisotopic (exact) mass is 384 g/mol. The summed E-state index contributed by atoms with van der Waals surface area (Å²) in [5.41, 5.74) is 8.47. The van der Waals surface area contributed by atoms with Crippen molar-refractivity contribution in [2.24, 2.45) is 0 Å². The Kier molecular flexibility index (Phi) is 5.79. The molecule has 0 bridgehead atoms. The fourth-order valence-corrected chi connectivity index (χ4v) is 2.81. The van der Waals surface area contributed by atoms with E-state index in [2.05, 4.69) is 9.97 Å². The standard InChI is InChI=1S/C20H24N4O4/c1-11(2)27-12(3)28-19-18-15(23-20(21)24-19)8-7-14(22-18)13-6-9-16(25-4)17(10-13)26-5/h6-12H,1-5H3,(H2,21,23,24). The van der Waals surface area contributed by atoms with E-state index in [1.807, 2.05) is 44.2 Å². The number of aromatic nitrogens is 3. The third-order valence-electron chi connectivity index (χ3n) is 3.95. The van der Waals surface area contributed by atoms with Crippen LogP contribution in [0, 0.1) is 0 Å². The highest BCUT2D eigenvalue weighted by molar-refractivity contribution is 5.83. The van der Waals surface area contributed by atoms with Crippen molar-refractivity contribution in [2.45, 2.75) is 33.2 Å². The maximum absolute atomic E-state index is 5.83. The SMILES string of the molecule is COc1ccc(-c2ccc3nc(N)nc(OC(C)OC(C)C)c3n2)cc1OC. The number of pyridine rings is 1. The van der Waals surface area contributed by atoms with Crippen molar-refractivity contribution in [1.82, 2.24) is 15.0 Å². The molecule has 0 aliphatic carbocycles. The van der Waals surface area contributed by atoms with E-state index in [4.69, 9.17) is 29.7 Å². The summed E-state index contributed by atoms with van der Waals surface area (Å²) in [5, 5.41) is 0. The van der Waals surface area contributed by atoms with E-state index < -0.39 is 6.29 Å². The Bertz CT molecular complexity index is 978. The highest BCUT2D eigenvalue weighted by Gasteiger charge is 2.16. The molecule has 0 saturated heterocycles. The molecule has 3 rings (SSSR count). The van der Waals surface area contributed by atoms with Gasteiger partial charge in [-0.15, -0.1) is 0 Å². The van der Waals surface area contributed by atoms with Crippen LogP contribution in [0.5, 0.6) is 17.4 Å². The van der Waals surface area contributed by atoms with Gasteiger partial charge in [-0.1, -0.05) is 0 Å². The van der Waals surface area contributed by atoms with E-state index in [0.717, 1.165) is 5.56 Å². The molecular weight excluding hydrogens is 360 g/mol. The molecule has 1 atom stereocenters. The lowest BCUT2D eigenvalue weighted by Crippen LogP contribution is -2.21. The third-order valence-corrected chi connectivity index (χ3v) is 3.95. The fraction of sp³-hybridized carbons (Fsp3) is 0.350. The van der Waals surface area contributed by atoms with Gasteiger partial charge in [0.1, 0.15) is 0 Å². The van der Waals surface area contributed by atoms with Crippen LogP contribution >= 0.6 is 0 Å². The van der Waals surface area contributed by atoms with Gasteiger partial charge in [0.25, 0.3) is 0 Å². The molecule has 28 heavy (non-hydrogen) atoms. The first-order valence-corrected chi connectivity index (χ1v) is 8.90. The van der Waals surface area contributed by atoms with Crippen LogP contribution < -0.4 is 19.9 Å². The molecule has 8 nitrogen and oxygen atoms in total. The van der Waals surface area contributed by atoms with Gasteiger partial charge < -0.3 is 24.7 Å². The Morgan fingerprint density at radius 3 is 2.32 bits per heavy atom. The summed E-state index contributed by atoms with van der Waals surface area (Å²) in [6.07, 6.45) is -0.500. The summed E-state index contributed by atoms with van der Waals surface area (Å²) >= 11 is 0. The minimum absolute atomic E-state index is 0.00994.